The van der Waals surface area contributed by atoms with Crippen LogP contribution in [0, 0.1) is 0 Å². The van der Waals surface area contributed by atoms with Crippen LogP contribution in [-0.2, 0) is 9.53 Å². The van der Waals surface area contributed by atoms with Gasteiger partial charge in [-0.05, 0) is 26.7 Å². The molecule has 12 heavy (non-hydrogen) atoms. The van der Waals surface area contributed by atoms with Crippen LogP contribution in [0.15, 0.2) is 0 Å². The van der Waals surface area contributed by atoms with Gasteiger partial charge < -0.3 is 9.53 Å². The van der Waals surface area contributed by atoms with Crippen molar-refractivity contribution < 1.29 is 9.53 Å². The number of hydrogen-bond acceptors (Lipinski definition) is 2. The van der Waals surface area contributed by atoms with E-state index >= 15 is 0 Å². The van der Waals surface area contributed by atoms with E-state index in [-0.39, 0.29) is 0 Å². The van der Waals surface area contributed by atoms with E-state index in [2.05, 4.69) is 0 Å². The van der Waals surface area contributed by atoms with Crippen molar-refractivity contribution in [3.63, 3.8) is 0 Å². The van der Waals surface area contributed by atoms with Gasteiger partial charge >= 0.3 is 0 Å². The first-order valence-corrected chi connectivity index (χ1v) is 4.84. The van der Waals surface area contributed by atoms with Gasteiger partial charge in [0.1, 0.15) is 5.78 Å². The molecule has 0 saturated carbocycles. The first-order valence-electron chi connectivity index (χ1n) is 4.84. The molecule has 0 aromatic heterocycles. The smallest absolute Gasteiger partial charge is 0.129 e. The Labute approximate surface area is 75.3 Å². The maximum Gasteiger partial charge on any atom is 0.129 e. The van der Waals surface area contributed by atoms with Gasteiger partial charge in [-0.1, -0.05) is 12.8 Å². The highest BCUT2D eigenvalue weighted by molar-refractivity contribution is 5.75. The van der Waals surface area contributed by atoms with Crippen molar-refractivity contribution in [2.75, 3.05) is 13.2 Å². The fraction of sp³-hybridized carbons (Fsp3) is 0.900. The Morgan fingerprint density at radius 1 is 1.17 bits per heavy atom. The van der Waals surface area contributed by atoms with Crippen LogP contribution >= 0.6 is 0 Å². The Morgan fingerprint density at radius 3 is 2.42 bits per heavy atom. The van der Waals surface area contributed by atoms with E-state index in [9.17, 15) is 4.79 Å². The van der Waals surface area contributed by atoms with E-state index in [0.717, 1.165) is 38.9 Å². The van der Waals surface area contributed by atoms with Gasteiger partial charge in [-0.25, -0.2) is 0 Å². The van der Waals surface area contributed by atoms with E-state index in [1.54, 1.807) is 6.92 Å². The molecule has 0 aliphatic carbocycles. The zero-order valence-electron chi connectivity index (χ0n) is 8.27. The molecule has 0 fully saturated rings. The van der Waals surface area contributed by atoms with Crippen LogP contribution in [0.4, 0.5) is 0 Å². The number of carbonyl (C=O) groups excluding carboxylic acids is 1. The summed E-state index contributed by atoms with van der Waals surface area (Å²) in [5.41, 5.74) is 0. The summed E-state index contributed by atoms with van der Waals surface area (Å²) in [4.78, 5) is 10.6. The first kappa shape index (κ1) is 11.6. The molecule has 0 N–H and O–H groups in total. The van der Waals surface area contributed by atoms with Gasteiger partial charge in [0.05, 0.1) is 0 Å². The van der Waals surface area contributed by atoms with E-state index in [0.29, 0.717) is 5.78 Å². The predicted molar refractivity (Wildman–Crippen MR) is 50.3 cm³/mol. The van der Waals surface area contributed by atoms with Gasteiger partial charge in [0, 0.05) is 19.6 Å². The van der Waals surface area contributed by atoms with Crippen molar-refractivity contribution in [2.45, 2.75) is 46.0 Å². The highest BCUT2D eigenvalue weighted by Gasteiger charge is 1.93. The molecule has 0 heterocycles. The second-order valence-electron chi connectivity index (χ2n) is 3.06. The SMILES string of the molecule is CCOCCCCCCC(C)=O. The Hall–Kier alpha value is -0.370. The van der Waals surface area contributed by atoms with Gasteiger partial charge in [0.2, 0.25) is 0 Å². The normalized spacial score (nSPS) is 10.2. The second kappa shape index (κ2) is 8.72. The second-order valence-corrected chi connectivity index (χ2v) is 3.06. The number of unbranched alkanes of at least 4 members (excludes halogenated alkanes) is 3. The average Bonchev–Trinajstić information content (AvgIpc) is 2.02. The molecule has 0 bridgehead atoms. The number of rotatable bonds is 8. The van der Waals surface area contributed by atoms with Crippen molar-refractivity contribution in [2.24, 2.45) is 0 Å². The molecule has 0 rings (SSSR count). The number of Topliss-reactive ketones (excluding diaryl/α,β-unsaturated/α-hetero) is 1. The van der Waals surface area contributed by atoms with Gasteiger partial charge in [0.15, 0.2) is 0 Å². The van der Waals surface area contributed by atoms with Crippen LogP contribution in [0.3, 0.4) is 0 Å². The van der Waals surface area contributed by atoms with Crippen LogP contribution in [0.25, 0.3) is 0 Å². The minimum absolute atomic E-state index is 0.305. The molecule has 0 aliphatic heterocycles. The van der Waals surface area contributed by atoms with Crippen molar-refractivity contribution >= 4 is 5.78 Å². The molecular formula is C10H20O2. The van der Waals surface area contributed by atoms with Crippen LogP contribution in [-0.4, -0.2) is 19.0 Å². The Balaban J connectivity index is 2.86. The third-order valence-corrected chi connectivity index (χ3v) is 1.77. The summed E-state index contributed by atoms with van der Waals surface area (Å²) < 4.78 is 5.19. The Bertz CT molecular complexity index is 110. The van der Waals surface area contributed by atoms with E-state index in [1.165, 1.54) is 6.42 Å². The predicted octanol–water partition coefficient (Wildman–Crippen LogP) is 2.56. The minimum Gasteiger partial charge on any atom is -0.382 e. The van der Waals surface area contributed by atoms with Crippen LogP contribution in [0.5, 0.6) is 0 Å². The summed E-state index contributed by atoms with van der Waals surface area (Å²) in [5, 5.41) is 0. The third-order valence-electron chi connectivity index (χ3n) is 1.77. The molecule has 0 atom stereocenters. The standard InChI is InChI=1S/C10H20O2/c1-3-12-9-7-5-4-6-8-10(2)11/h3-9H2,1-2H3. The summed E-state index contributed by atoms with van der Waals surface area (Å²) in [6.07, 6.45) is 5.27. The number of ketones is 1. The number of hydrogen-bond donors (Lipinski definition) is 0. The van der Waals surface area contributed by atoms with Crippen molar-refractivity contribution in [3.05, 3.63) is 0 Å². The summed E-state index contributed by atoms with van der Waals surface area (Å²) >= 11 is 0. The molecule has 72 valence electrons. The van der Waals surface area contributed by atoms with Crippen LogP contribution < -0.4 is 0 Å². The molecule has 2 nitrogen and oxygen atoms in total. The van der Waals surface area contributed by atoms with Crippen molar-refractivity contribution in [3.8, 4) is 0 Å². The summed E-state index contributed by atoms with van der Waals surface area (Å²) in [6, 6.07) is 0. The van der Waals surface area contributed by atoms with Crippen LogP contribution in [0.1, 0.15) is 46.0 Å². The molecular weight excluding hydrogens is 152 g/mol. The lowest BCUT2D eigenvalue weighted by atomic mass is 10.1. The fourth-order valence-corrected chi connectivity index (χ4v) is 1.08. The number of ether oxygens (including phenoxy) is 1. The molecule has 0 aliphatic rings. The molecule has 0 unspecified atom stereocenters. The van der Waals surface area contributed by atoms with Gasteiger partial charge in [0.25, 0.3) is 0 Å². The average molecular weight is 172 g/mol. The number of carbonyl (C=O) groups is 1. The highest BCUT2D eigenvalue weighted by Crippen LogP contribution is 2.03. The molecule has 0 aromatic carbocycles. The maximum atomic E-state index is 10.6. The summed E-state index contributed by atoms with van der Waals surface area (Å²) in [6.45, 7) is 5.35. The van der Waals surface area contributed by atoms with E-state index < -0.39 is 0 Å². The van der Waals surface area contributed by atoms with Gasteiger partial charge in [-0.15, -0.1) is 0 Å². The minimum atomic E-state index is 0.305. The molecule has 0 saturated heterocycles. The molecule has 2 heteroatoms. The van der Waals surface area contributed by atoms with Gasteiger partial charge in [-0.2, -0.15) is 0 Å². The lowest BCUT2D eigenvalue weighted by Crippen LogP contribution is -1.94. The maximum absolute atomic E-state index is 10.6. The topological polar surface area (TPSA) is 26.3 Å². The summed E-state index contributed by atoms with van der Waals surface area (Å²) in [5.74, 6) is 0.305. The zero-order valence-corrected chi connectivity index (χ0v) is 8.27. The zero-order chi connectivity index (χ0) is 9.23. The lowest BCUT2D eigenvalue weighted by molar-refractivity contribution is -0.117. The van der Waals surface area contributed by atoms with E-state index in [1.807, 2.05) is 6.92 Å². The molecule has 0 aromatic rings. The van der Waals surface area contributed by atoms with Crippen molar-refractivity contribution in [1.29, 1.82) is 0 Å². The summed E-state index contributed by atoms with van der Waals surface area (Å²) in [7, 11) is 0. The fourth-order valence-electron chi connectivity index (χ4n) is 1.08. The third kappa shape index (κ3) is 9.63. The largest absolute Gasteiger partial charge is 0.382 e. The quantitative estimate of drug-likeness (QED) is 0.526. The first-order chi connectivity index (χ1) is 5.77. The molecule has 0 amide bonds. The monoisotopic (exact) mass is 172 g/mol. The van der Waals surface area contributed by atoms with Crippen LogP contribution in [0.2, 0.25) is 0 Å². The van der Waals surface area contributed by atoms with Crippen molar-refractivity contribution in [1.82, 2.24) is 0 Å². The Morgan fingerprint density at radius 2 is 1.83 bits per heavy atom. The highest BCUT2D eigenvalue weighted by atomic mass is 16.5. The van der Waals surface area contributed by atoms with E-state index in [4.69, 9.17) is 4.74 Å². The molecule has 0 radical (unpaired) electrons. The Kier molecular flexibility index (Phi) is 8.46. The lowest BCUT2D eigenvalue weighted by Gasteiger charge is -2.00. The molecule has 0 spiro atoms. The van der Waals surface area contributed by atoms with Gasteiger partial charge in [-0.3, -0.25) is 0 Å².